The van der Waals surface area contributed by atoms with Crippen molar-refractivity contribution in [2.75, 3.05) is 0 Å². The molecule has 186 valence electrons. The van der Waals surface area contributed by atoms with E-state index in [1.807, 2.05) is 66.7 Å². The first-order valence-electron chi connectivity index (χ1n) is 12.5. The molecule has 1 aromatic heterocycles. The minimum absolute atomic E-state index is 0.560. The predicted molar refractivity (Wildman–Crippen MR) is 154 cm³/mol. The fraction of sp³-hybridized carbons (Fsp3) is 0.156. The van der Waals surface area contributed by atoms with Gasteiger partial charge in [-0.25, -0.2) is 4.98 Å². The van der Waals surface area contributed by atoms with Crippen molar-refractivity contribution >= 4 is 22.9 Å². The van der Waals surface area contributed by atoms with Crippen molar-refractivity contribution in [3.63, 3.8) is 0 Å². The summed E-state index contributed by atoms with van der Waals surface area (Å²) < 4.78 is 11.9. The molecule has 1 heterocycles. The molecule has 0 N–H and O–H groups in total. The lowest BCUT2D eigenvalue weighted by atomic mass is 10.1. The maximum Gasteiger partial charge on any atom is 0.127 e. The van der Waals surface area contributed by atoms with Gasteiger partial charge in [-0.1, -0.05) is 55.3 Å². The third-order valence-electron chi connectivity index (χ3n) is 5.98. The number of hydrogen-bond acceptors (Lipinski definition) is 4. The van der Waals surface area contributed by atoms with Gasteiger partial charge in [0.1, 0.15) is 28.9 Å². The van der Waals surface area contributed by atoms with Gasteiger partial charge in [-0.2, -0.15) is 0 Å². The van der Waals surface area contributed by atoms with Gasteiger partial charge in [0.15, 0.2) is 0 Å². The highest BCUT2D eigenvalue weighted by molar-refractivity contribution is 7.18. The first kappa shape index (κ1) is 25.1. The van der Waals surface area contributed by atoms with E-state index in [1.165, 1.54) is 10.4 Å². The quantitative estimate of drug-likeness (QED) is 0.182. The first-order valence-corrected chi connectivity index (χ1v) is 13.7. The summed E-state index contributed by atoms with van der Waals surface area (Å²) in [5.74, 6) is 2.40. The standard InChI is InChI=1S/C32H28ClNO2S/c1-2-3-9-30-31(24-10-16-27(17-11-24)35-22-23-7-5-4-6-8-23)37-32(34-30)25-12-18-28(19-13-25)36-29-20-14-26(33)15-21-29/h4-8,10-21H,2-3,9,22H2,1H3. The lowest BCUT2D eigenvalue weighted by Gasteiger charge is -2.07. The van der Waals surface area contributed by atoms with Crippen LogP contribution in [0.3, 0.4) is 0 Å². The van der Waals surface area contributed by atoms with Crippen LogP contribution < -0.4 is 9.47 Å². The van der Waals surface area contributed by atoms with Gasteiger partial charge in [0, 0.05) is 10.6 Å². The minimum atomic E-state index is 0.560. The molecule has 5 heteroatoms. The van der Waals surface area contributed by atoms with Gasteiger partial charge >= 0.3 is 0 Å². The van der Waals surface area contributed by atoms with Crippen molar-refractivity contribution in [2.24, 2.45) is 0 Å². The number of thiazole rings is 1. The van der Waals surface area contributed by atoms with E-state index in [4.69, 9.17) is 26.1 Å². The van der Waals surface area contributed by atoms with Crippen molar-refractivity contribution in [1.82, 2.24) is 4.98 Å². The molecule has 0 spiro atoms. The average molecular weight is 526 g/mol. The van der Waals surface area contributed by atoms with E-state index in [9.17, 15) is 0 Å². The maximum absolute atomic E-state index is 5.98. The number of halogens is 1. The Morgan fingerprint density at radius 1 is 0.730 bits per heavy atom. The van der Waals surface area contributed by atoms with E-state index >= 15 is 0 Å². The monoisotopic (exact) mass is 525 g/mol. The van der Waals surface area contributed by atoms with E-state index in [0.717, 1.165) is 58.3 Å². The number of hydrogen-bond donors (Lipinski definition) is 0. The van der Waals surface area contributed by atoms with Crippen molar-refractivity contribution in [2.45, 2.75) is 32.8 Å². The van der Waals surface area contributed by atoms with Gasteiger partial charge in [-0.05, 0) is 96.8 Å². The maximum atomic E-state index is 5.98. The highest BCUT2D eigenvalue weighted by Crippen LogP contribution is 2.37. The number of benzene rings is 4. The average Bonchev–Trinajstić information content (AvgIpc) is 3.37. The van der Waals surface area contributed by atoms with Crippen LogP contribution in [0.2, 0.25) is 5.02 Å². The molecule has 0 bridgehead atoms. The lowest BCUT2D eigenvalue weighted by molar-refractivity contribution is 0.306. The van der Waals surface area contributed by atoms with Gasteiger partial charge in [0.05, 0.1) is 10.6 Å². The third-order valence-corrected chi connectivity index (χ3v) is 7.43. The Hall–Kier alpha value is -3.60. The van der Waals surface area contributed by atoms with E-state index in [0.29, 0.717) is 11.6 Å². The first-order chi connectivity index (χ1) is 18.2. The summed E-state index contributed by atoms with van der Waals surface area (Å²) in [7, 11) is 0. The number of rotatable bonds is 10. The number of unbranched alkanes of at least 4 members (excludes halogenated alkanes) is 1. The smallest absolute Gasteiger partial charge is 0.127 e. The lowest BCUT2D eigenvalue weighted by Crippen LogP contribution is -1.94. The second-order valence-corrected chi connectivity index (χ2v) is 10.2. The van der Waals surface area contributed by atoms with Crippen LogP contribution in [0.25, 0.3) is 21.0 Å². The van der Waals surface area contributed by atoms with Crippen LogP contribution in [-0.2, 0) is 13.0 Å². The molecule has 0 fully saturated rings. The van der Waals surface area contributed by atoms with E-state index < -0.39 is 0 Å². The summed E-state index contributed by atoms with van der Waals surface area (Å²) in [5.41, 5.74) is 4.57. The van der Waals surface area contributed by atoms with Gasteiger partial charge in [-0.15, -0.1) is 11.3 Å². The van der Waals surface area contributed by atoms with E-state index in [1.54, 1.807) is 11.3 Å². The molecule has 0 atom stereocenters. The molecule has 5 aromatic rings. The number of aromatic nitrogens is 1. The Balaban J connectivity index is 1.33. The Kier molecular flexibility index (Phi) is 8.19. The molecule has 37 heavy (non-hydrogen) atoms. The molecule has 0 amide bonds. The normalized spacial score (nSPS) is 10.9. The largest absolute Gasteiger partial charge is 0.489 e. The summed E-state index contributed by atoms with van der Waals surface area (Å²) >= 11 is 7.71. The molecule has 4 aromatic carbocycles. The van der Waals surface area contributed by atoms with E-state index in [2.05, 4.69) is 43.3 Å². The van der Waals surface area contributed by atoms with Gasteiger partial charge in [0.25, 0.3) is 0 Å². The minimum Gasteiger partial charge on any atom is -0.489 e. The van der Waals surface area contributed by atoms with Crippen molar-refractivity contribution in [3.8, 4) is 38.3 Å². The molecular weight excluding hydrogens is 498 g/mol. The SMILES string of the molecule is CCCCc1nc(-c2ccc(Oc3ccc(Cl)cc3)cc2)sc1-c1ccc(OCc2ccccc2)cc1. The second kappa shape index (κ2) is 12.1. The van der Waals surface area contributed by atoms with Crippen LogP contribution in [0, 0.1) is 0 Å². The zero-order valence-corrected chi connectivity index (χ0v) is 22.3. The highest BCUT2D eigenvalue weighted by Gasteiger charge is 2.15. The van der Waals surface area contributed by atoms with Gasteiger partial charge in [0.2, 0.25) is 0 Å². The zero-order valence-electron chi connectivity index (χ0n) is 20.7. The molecule has 0 saturated carbocycles. The van der Waals surface area contributed by atoms with E-state index in [-0.39, 0.29) is 0 Å². The topological polar surface area (TPSA) is 31.4 Å². The Morgan fingerprint density at radius 2 is 1.35 bits per heavy atom. The van der Waals surface area contributed by atoms with Crippen molar-refractivity contribution in [1.29, 1.82) is 0 Å². The number of aryl methyl sites for hydroxylation is 1. The molecule has 0 aliphatic rings. The molecule has 0 aliphatic carbocycles. The van der Waals surface area contributed by atoms with Gasteiger partial charge in [-0.3, -0.25) is 0 Å². The summed E-state index contributed by atoms with van der Waals surface area (Å²) in [5, 5.41) is 1.71. The van der Waals surface area contributed by atoms with Crippen LogP contribution in [0.5, 0.6) is 17.2 Å². The third kappa shape index (κ3) is 6.59. The van der Waals surface area contributed by atoms with Crippen LogP contribution in [0.4, 0.5) is 0 Å². The Morgan fingerprint density at radius 3 is 2.03 bits per heavy atom. The van der Waals surface area contributed by atoms with Gasteiger partial charge < -0.3 is 9.47 Å². The Labute approximate surface area is 227 Å². The van der Waals surface area contributed by atoms with Crippen LogP contribution in [0.1, 0.15) is 31.0 Å². The molecule has 3 nitrogen and oxygen atoms in total. The van der Waals surface area contributed by atoms with Crippen LogP contribution in [0.15, 0.2) is 103 Å². The van der Waals surface area contributed by atoms with Crippen LogP contribution in [-0.4, -0.2) is 4.98 Å². The number of ether oxygens (including phenoxy) is 2. The predicted octanol–water partition coefficient (Wildman–Crippen LogP) is 9.84. The molecule has 0 aliphatic heterocycles. The summed E-state index contributed by atoms with van der Waals surface area (Å²) in [6.07, 6.45) is 3.21. The van der Waals surface area contributed by atoms with Crippen molar-refractivity contribution in [3.05, 3.63) is 119 Å². The zero-order chi connectivity index (χ0) is 25.5. The number of nitrogens with zero attached hydrogens (tertiary/aromatic N) is 1. The molecule has 0 radical (unpaired) electrons. The molecule has 0 unspecified atom stereocenters. The Bertz CT molecular complexity index is 1410. The fourth-order valence-electron chi connectivity index (χ4n) is 3.96. The molecule has 5 rings (SSSR count). The van der Waals surface area contributed by atoms with Crippen molar-refractivity contribution < 1.29 is 9.47 Å². The summed E-state index contributed by atoms with van der Waals surface area (Å²) in [4.78, 5) is 6.27. The van der Waals surface area contributed by atoms with Crippen LogP contribution >= 0.6 is 22.9 Å². The highest BCUT2D eigenvalue weighted by atomic mass is 35.5. The summed E-state index contributed by atoms with van der Waals surface area (Å²) in [6, 6.07) is 34.0. The summed E-state index contributed by atoms with van der Waals surface area (Å²) in [6.45, 7) is 2.77. The molecule has 0 saturated heterocycles. The molecular formula is C32H28ClNO2S. The fourth-order valence-corrected chi connectivity index (χ4v) is 5.21. The second-order valence-electron chi connectivity index (χ2n) is 8.78.